The zero-order valence-electron chi connectivity index (χ0n) is 11.0. The molecule has 2 rings (SSSR count). The highest BCUT2D eigenvalue weighted by atomic mass is 35.5. The van der Waals surface area contributed by atoms with E-state index in [1.165, 1.54) is 12.8 Å². The number of aromatic nitrogens is 2. The monoisotopic (exact) mass is 269 g/mol. The summed E-state index contributed by atoms with van der Waals surface area (Å²) in [6, 6.07) is 0. The molecular formula is C13H20ClN3O. The van der Waals surface area contributed by atoms with Gasteiger partial charge in [0.05, 0.1) is 6.20 Å². The van der Waals surface area contributed by atoms with Crippen LogP contribution >= 0.6 is 11.6 Å². The summed E-state index contributed by atoms with van der Waals surface area (Å²) in [5.74, 6) is 0.0228. The predicted molar refractivity (Wildman–Crippen MR) is 71.6 cm³/mol. The molecule has 1 saturated heterocycles. The smallest absolute Gasteiger partial charge is 0.245 e. The van der Waals surface area contributed by atoms with Crippen LogP contribution in [-0.4, -0.2) is 33.7 Å². The molecule has 2 heterocycles. The van der Waals surface area contributed by atoms with Gasteiger partial charge in [-0.05, 0) is 19.8 Å². The van der Waals surface area contributed by atoms with Gasteiger partial charge in [0.25, 0.3) is 0 Å². The first kappa shape index (κ1) is 13.4. The molecular weight excluding hydrogens is 250 g/mol. The molecule has 1 aliphatic rings. The van der Waals surface area contributed by atoms with Gasteiger partial charge in [-0.3, -0.25) is 9.48 Å². The fraction of sp³-hybridized carbons (Fsp3) is 0.692. The molecule has 4 nitrogen and oxygen atoms in total. The summed E-state index contributed by atoms with van der Waals surface area (Å²) < 4.78 is 1.75. The molecule has 0 radical (unpaired) electrons. The largest absolute Gasteiger partial charge is 0.341 e. The number of amides is 1. The summed E-state index contributed by atoms with van der Waals surface area (Å²) in [5.41, 5.74) is 1.78. The summed E-state index contributed by atoms with van der Waals surface area (Å²) in [7, 11) is 1.86. The number of carbonyl (C=O) groups is 1. The van der Waals surface area contributed by atoms with Crippen LogP contribution in [0.3, 0.4) is 0 Å². The van der Waals surface area contributed by atoms with Crippen molar-refractivity contribution in [2.45, 2.75) is 38.0 Å². The Morgan fingerprint density at radius 2 is 1.94 bits per heavy atom. The van der Waals surface area contributed by atoms with Crippen molar-refractivity contribution in [2.24, 2.45) is 7.05 Å². The maximum absolute atomic E-state index is 12.4. The molecule has 5 heteroatoms. The number of likely N-dealkylation sites (tertiary alicyclic amines) is 1. The third kappa shape index (κ3) is 2.69. The van der Waals surface area contributed by atoms with E-state index in [9.17, 15) is 4.79 Å². The van der Waals surface area contributed by atoms with E-state index in [0.29, 0.717) is 0 Å². The molecule has 0 aromatic carbocycles. The van der Waals surface area contributed by atoms with Crippen molar-refractivity contribution in [3.63, 3.8) is 0 Å². The highest BCUT2D eigenvalue weighted by Gasteiger charge is 2.26. The summed E-state index contributed by atoms with van der Waals surface area (Å²) >= 11 is 6.32. The quantitative estimate of drug-likeness (QED) is 0.774. The van der Waals surface area contributed by atoms with E-state index in [0.717, 1.165) is 37.2 Å². The van der Waals surface area contributed by atoms with E-state index in [-0.39, 0.29) is 5.91 Å². The van der Waals surface area contributed by atoms with Crippen LogP contribution in [0.4, 0.5) is 0 Å². The second kappa shape index (κ2) is 5.74. The summed E-state index contributed by atoms with van der Waals surface area (Å²) in [6.45, 7) is 3.61. The molecule has 18 heavy (non-hydrogen) atoms. The van der Waals surface area contributed by atoms with E-state index >= 15 is 0 Å². The summed E-state index contributed by atoms with van der Waals surface area (Å²) in [4.78, 5) is 14.3. The minimum absolute atomic E-state index is 0.0228. The Labute approximate surface area is 113 Å². The van der Waals surface area contributed by atoms with E-state index < -0.39 is 5.38 Å². The molecule has 1 atom stereocenters. The molecule has 0 aliphatic carbocycles. The Morgan fingerprint density at radius 1 is 1.33 bits per heavy atom. The average Bonchev–Trinajstić information content (AvgIpc) is 2.62. The van der Waals surface area contributed by atoms with Crippen molar-refractivity contribution >= 4 is 17.5 Å². The van der Waals surface area contributed by atoms with Crippen molar-refractivity contribution in [1.82, 2.24) is 14.7 Å². The van der Waals surface area contributed by atoms with E-state index in [1.807, 2.05) is 18.9 Å². The minimum Gasteiger partial charge on any atom is -0.341 e. The van der Waals surface area contributed by atoms with Gasteiger partial charge in [0.2, 0.25) is 5.91 Å². The van der Waals surface area contributed by atoms with Crippen molar-refractivity contribution in [1.29, 1.82) is 0 Å². The topological polar surface area (TPSA) is 38.1 Å². The summed E-state index contributed by atoms with van der Waals surface area (Å²) in [6.07, 6.45) is 6.29. The molecule has 0 N–H and O–H groups in total. The predicted octanol–water partition coefficient (Wildman–Crippen LogP) is 2.41. The third-order valence-electron chi connectivity index (χ3n) is 3.68. The molecule has 1 aromatic heterocycles. The number of nitrogens with zero attached hydrogens (tertiary/aromatic N) is 3. The number of carbonyl (C=O) groups excluding carboxylic acids is 1. The normalized spacial score (nSPS) is 18.5. The first-order valence-electron chi connectivity index (χ1n) is 6.52. The van der Waals surface area contributed by atoms with Crippen LogP contribution < -0.4 is 0 Å². The van der Waals surface area contributed by atoms with Gasteiger partial charge >= 0.3 is 0 Å². The number of alkyl halides is 1. The number of hydrogen-bond donors (Lipinski definition) is 0. The van der Waals surface area contributed by atoms with Gasteiger partial charge in [0.15, 0.2) is 0 Å². The standard InChI is InChI=1S/C13H20ClN3O/c1-10-11(9-15-16(10)2)12(14)13(18)17-7-5-3-4-6-8-17/h9,12H,3-8H2,1-2H3. The molecule has 100 valence electrons. The van der Waals surface area contributed by atoms with Crippen LogP contribution in [0.2, 0.25) is 0 Å². The van der Waals surface area contributed by atoms with E-state index in [2.05, 4.69) is 5.10 Å². The van der Waals surface area contributed by atoms with Gasteiger partial charge in [0.1, 0.15) is 5.38 Å². The lowest BCUT2D eigenvalue weighted by molar-refractivity contribution is -0.130. The Hall–Kier alpha value is -1.03. The minimum atomic E-state index is -0.600. The molecule has 1 fully saturated rings. The van der Waals surface area contributed by atoms with Gasteiger partial charge < -0.3 is 4.90 Å². The van der Waals surface area contributed by atoms with Crippen LogP contribution in [0.15, 0.2) is 6.20 Å². The molecule has 0 saturated carbocycles. The van der Waals surface area contributed by atoms with Gasteiger partial charge in [-0.25, -0.2) is 0 Å². The zero-order chi connectivity index (χ0) is 13.1. The number of rotatable bonds is 2. The summed E-state index contributed by atoms with van der Waals surface area (Å²) in [5, 5.41) is 3.54. The van der Waals surface area contributed by atoms with Gasteiger partial charge in [-0.2, -0.15) is 5.10 Å². The molecule has 0 spiro atoms. The first-order chi connectivity index (χ1) is 8.61. The van der Waals surface area contributed by atoms with Crippen LogP contribution in [0, 0.1) is 6.92 Å². The SMILES string of the molecule is Cc1c(C(Cl)C(=O)N2CCCCCC2)cnn1C. The molecule has 1 amide bonds. The van der Waals surface area contributed by atoms with E-state index in [1.54, 1.807) is 10.9 Å². The van der Waals surface area contributed by atoms with Crippen LogP contribution in [0.25, 0.3) is 0 Å². The van der Waals surface area contributed by atoms with Crippen LogP contribution in [-0.2, 0) is 11.8 Å². The number of hydrogen-bond acceptors (Lipinski definition) is 2. The van der Waals surface area contributed by atoms with Gasteiger partial charge in [0, 0.05) is 31.4 Å². The Morgan fingerprint density at radius 3 is 2.44 bits per heavy atom. The van der Waals surface area contributed by atoms with Crippen molar-refractivity contribution in [3.05, 3.63) is 17.5 Å². The highest BCUT2D eigenvalue weighted by molar-refractivity contribution is 6.30. The fourth-order valence-electron chi connectivity index (χ4n) is 2.35. The average molecular weight is 270 g/mol. The molecule has 1 unspecified atom stereocenters. The number of aryl methyl sites for hydroxylation is 1. The van der Waals surface area contributed by atoms with E-state index in [4.69, 9.17) is 11.6 Å². The molecule has 0 bridgehead atoms. The van der Waals surface area contributed by atoms with Crippen molar-refractivity contribution in [2.75, 3.05) is 13.1 Å². The lowest BCUT2D eigenvalue weighted by Gasteiger charge is -2.23. The van der Waals surface area contributed by atoms with Crippen LogP contribution in [0.1, 0.15) is 42.3 Å². The molecule has 1 aromatic rings. The third-order valence-corrected chi connectivity index (χ3v) is 4.10. The first-order valence-corrected chi connectivity index (χ1v) is 6.96. The molecule has 1 aliphatic heterocycles. The van der Waals surface area contributed by atoms with Crippen LogP contribution in [0.5, 0.6) is 0 Å². The number of halogens is 1. The maximum atomic E-state index is 12.4. The Bertz CT molecular complexity index is 422. The lowest BCUT2D eigenvalue weighted by Crippen LogP contribution is -2.34. The Kier molecular flexibility index (Phi) is 4.27. The fourth-order valence-corrected chi connectivity index (χ4v) is 2.70. The van der Waals surface area contributed by atoms with Gasteiger partial charge in [-0.15, -0.1) is 11.6 Å². The second-order valence-electron chi connectivity index (χ2n) is 4.91. The van der Waals surface area contributed by atoms with Crippen molar-refractivity contribution < 1.29 is 4.79 Å². The Balaban J connectivity index is 2.10. The van der Waals surface area contributed by atoms with Crippen molar-refractivity contribution in [3.8, 4) is 0 Å². The second-order valence-corrected chi connectivity index (χ2v) is 5.35. The zero-order valence-corrected chi connectivity index (χ0v) is 11.8. The van der Waals surface area contributed by atoms with Gasteiger partial charge in [-0.1, -0.05) is 12.8 Å². The maximum Gasteiger partial charge on any atom is 0.245 e. The highest BCUT2D eigenvalue weighted by Crippen LogP contribution is 2.26. The lowest BCUT2D eigenvalue weighted by atomic mass is 10.1.